The third-order valence-electron chi connectivity index (χ3n) is 3.56. The van der Waals surface area contributed by atoms with Gasteiger partial charge < -0.3 is 15.4 Å². The number of aliphatic hydroxyl groups excluding tert-OH is 1. The van der Waals surface area contributed by atoms with Crippen molar-refractivity contribution in [1.29, 1.82) is 0 Å². The van der Waals surface area contributed by atoms with Gasteiger partial charge in [0.25, 0.3) is 0 Å². The molecule has 0 fully saturated rings. The van der Waals surface area contributed by atoms with Crippen LogP contribution in [0, 0.1) is 5.92 Å². The Kier molecular flexibility index (Phi) is 4.31. The van der Waals surface area contributed by atoms with Crippen LogP contribution in [0.4, 0.5) is 0 Å². The van der Waals surface area contributed by atoms with Crippen LogP contribution in [0.3, 0.4) is 0 Å². The largest absolute Gasteiger partial charge is 0.395 e. The second-order valence-corrected chi connectivity index (χ2v) is 5.45. The van der Waals surface area contributed by atoms with Crippen molar-refractivity contribution in [1.82, 2.24) is 19.7 Å². The summed E-state index contributed by atoms with van der Waals surface area (Å²) in [5.41, 5.74) is 6.21. The highest BCUT2D eigenvalue weighted by Gasteiger charge is 2.28. The van der Waals surface area contributed by atoms with Crippen LogP contribution in [-0.2, 0) is 13.1 Å². The highest BCUT2D eigenvalue weighted by Crippen LogP contribution is 2.17. The quantitative estimate of drug-likeness (QED) is 0.761. The first-order valence-electron chi connectivity index (χ1n) is 6.59. The number of nitrogens with two attached hydrogens (primary N) is 1. The molecular weight excluding hydrogens is 230 g/mol. The lowest BCUT2D eigenvalue weighted by Crippen LogP contribution is -2.52. The van der Waals surface area contributed by atoms with Gasteiger partial charge in [-0.2, -0.15) is 0 Å². The molecule has 0 saturated carbocycles. The first-order chi connectivity index (χ1) is 8.61. The first-order valence-corrected chi connectivity index (χ1v) is 6.59. The lowest BCUT2D eigenvalue weighted by Gasteiger charge is -2.37. The zero-order chi connectivity index (χ0) is 13.1. The number of hydrogen-bond donors (Lipinski definition) is 2. The zero-order valence-electron chi connectivity index (χ0n) is 11.2. The molecule has 102 valence electrons. The maximum absolute atomic E-state index is 9.60. The van der Waals surface area contributed by atoms with E-state index < -0.39 is 0 Å². The summed E-state index contributed by atoms with van der Waals surface area (Å²) >= 11 is 0. The Labute approximate surface area is 108 Å². The molecule has 0 aromatic carbocycles. The normalized spacial score (nSPS) is 19.8. The first kappa shape index (κ1) is 13.5. The van der Waals surface area contributed by atoms with E-state index in [1.807, 2.05) is 0 Å². The number of rotatable bonds is 5. The van der Waals surface area contributed by atoms with Crippen molar-refractivity contribution < 1.29 is 5.11 Å². The molecule has 2 rings (SSSR count). The fourth-order valence-electron chi connectivity index (χ4n) is 2.59. The Morgan fingerprint density at radius 2 is 2.22 bits per heavy atom. The minimum absolute atomic E-state index is 0.00414. The minimum atomic E-state index is 0.00414. The smallest absolute Gasteiger partial charge is 0.147 e. The van der Waals surface area contributed by atoms with Gasteiger partial charge >= 0.3 is 0 Å². The van der Waals surface area contributed by atoms with Crippen LogP contribution in [-0.4, -0.2) is 50.0 Å². The summed E-state index contributed by atoms with van der Waals surface area (Å²) in [5.74, 6) is 1.50. The zero-order valence-corrected chi connectivity index (χ0v) is 11.2. The van der Waals surface area contributed by atoms with Gasteiger partial charge in [0.15, 0.2) is 0 Å². The molecular formula is C12H23N5O. The maximum Gasteiger partial charge on any atom is 0.147 e. The molecule has 0 radical (unpaired) electrons. The summed E-state index contributed by atoms with van der Waals surface area (Å²) in [6, 6.07) is 0.0160. The molecule has 1 aromatic heterocycles. The Balaban J connectivity index is 2.01. The monoisotopic (exact) mass is 253 g/mol. The van der Waals surface area contributed by atoms with Crippen LogP contribution >= 0.6 is 0 Å². The van der Waals surface area contributed by atoms with Gasteiger partial charge in [0.05, 0.1) is 13.2 Å². The molecule has 3 N–H and O–H groups in total. The summed E-state index contributed by atoms with van der Waals surface area (Å²) in [4.78, 5) is 2.22. The van der Waals surface area contributed by atoms with Crippen molar-refractivity contribution in [3.63, 3.8) is 0 Å². The van der Waals surface area contributed by atoms with Crippen molar-refractivity contribution in [2.45, 2.75) is 45.4 Å². The van der Waals surface area contributed by atoms with Gasteiger partial charge in [-0.1, -0.05) is 13.8 Å². The average Bonchev–Trinajstić information content (AvgIpc) is 2.76. The molecule has 2 unspecified atom stereocenters. The molecule has 0 bridgehead atoms. The number of hydrogen-bond acceptors (Lipinski definition) is 5. The SMILES string of the molecule is CC(C)CC(N)C(CO)N1CCn2cnnc2C1. The summed E-state index contributed by atoms with van der Waals surface area (Å²) in [5, 5.41) is 17.6. The van der Waals surface area contributed by atoms with Crippen molar-refractivity contribution in [3.05, 3.63) is 12.2 Å². The van der Waals surface area contributed by atoms with Gasteiger partial charge in [0.2, 0.25) is 0 Å². The van der Waals surface area contributed by atoms with Crippen LogP contribution in [0.2, 0.25) is 0 Å². The molecule has 6 nitrogen and oxygen atoms in total. The highest BCUT2D eigenvalue weighted by atomic mass is 16.3. The number of aliphatic hydroxyl groups is 1. The van der Waals surface area contributed by atoms with Crippen LogP contribution < -0.4 is 5.73 Å². The fraction of sp³-hybridized carbons (Fsp3) is 0.833. The van der Waals surface area contributed by atoms with Gasteiger partial charge in [0, 0.05) is 25.2 Å². The van der Waals surface area contributed by atoms with E-state index in [4.69, 9.17) is 5.73 Å². The summed E-state index contributed by atoms with van der Waals surface area (Å²) in [6.45, 7) is 6.89. The number of fused-ring (bicyclic) bond motifs is 1. The standard InChI is InChI=1S/C12H23N5O/c1-9(2)5-10(13)11(7-18)16-3-4-17-8-14-15-12(17)6-16/h8-11,18H,3-7,13H2,1-2H3. The lowest BCUT2D eigenvalue weighted by molar-refractivity contribution is 0.0747. The average molecular weight is 253 g/mol. The van der Waals surface area contributed by atoms with Crippen molar-refractivity contribution in [2.75, 3.05) is 13.2 Å². The molecule has 0 amide bonds. The molecule has 2 atom stereocenters. The molecule has 1 aliphatic rings. The molecule has 1 aliphatic heterocycles. The van der Waals surface area contributed by atoms with Gasteiger partial charge in [-0.3, -0.25) is 4.90 Å². The molecule has 0 saturated heterocycles. The third-order valence-corrected chi connectivity index (χ3v) is 3.56. The molecule has 0 aliphatic carbocycles. The molecule has 18 heavy (non-hydrogen) atoms. The van der Waals surface area contributed by atoms with Gasteiger partial charge in [0.1, 0.15) is 12.2 Å². The fourth-order valence-corrected chi connectivity index (χ4v) is 2.59. The van der Waals surface area contributed by atoms with Crippen molar-refractivity contribution in [3.8, 4) is 0 Å². The molecule has 1 aromatic rings. The molecule has 6 heteroatoms. The van der Waals surface area contributed by atoms with E-state index >= 15 is 0 Å². The lowest BCUT2D eigenvalue weighted by atomic mass is 9.97. The van der Waals surface area contributed by atoms with E-state index in [-0.39, 0.29) is 18.7 Å². The van der Waals surface area contributed by atoms with E-state index in [9.17, 15) is 5.11 Å². The van der Waals surface area contributed by atoms with Crippen LogP contribution in [0.15, 0.2) is 6.33 Å². The summed E-state index contributed by atoms with van der Waals surface area (Å²) < 4.78 is 2.05. The highest BCUT2D eigenvalue weighted by molar-refractivity contribution is 4.94. The predicted octanol–water partition coefficient (Wildman–Crippen LogP) is -0.172. The number of aromatic nitrogens is 3. The summed E-state index contributed by atoms with van der Waals surface area (Å²) in [6.07, 6.45) is 2.68. The van der Waals surface area contributed by atoms with Crippen molar-refractivity contribution in [2.24, 2.45) is 11.7 Å². The second-order valence-electron chi connectivity index (χ2n) is 5.45. The van der Waals surface area contributed by atoms with E-state index in [1.54, 1.807) is 6.33 Å². The van der Waals surface area contributed by atoms with Crippen LogP contribution in [0.1, 0.15) is 26.1 Å². The Morgan fingerprint density at radius 1 is 1.44 bits per heavy atom. The van der Waals surface area contributed by atoms with Gasteiger partial charge in [-0.15, -0.1) is 10.2 Å². The Morgan fingerprint density at radius 3 is 2.89 bits per heavy atom. The van der Waals surface area contributed by atoms with Gasteiger partial charge in [-0.25, -0.2) is 0 Å². The van der Waals surface area contributed by atoms with E-state index in [1.165, 1.54) is 0 Å². The predicted molar refractivity (Wildman–Crippen MR) is 68.7 cm³/mol. The second kappa shape index (κ2) is 5.77. The van der Waals surface area contributed by atoms with Crippen molar-refractivity contribution >= 4 is 0 Å². The molecule has 2 heterocycles. The summed E-state index contributed by atoms with van der Waals surface area (Å²) in [7, 11) is 0. The Bertz CT molecular complexity index is 378. The maximum atomic E-state index is 9.60. The molecule has 0 spiro atoms. The van der Waals surface area contributed by atoms with Crippen LogP contribution in [0.25, 0.3) is 0 Å². The third kappa shape index (κ3) is 2.88. The van der Waals surface area contributed by atoms with Crippen LogP contribution in [0.5, 0.6) is 0 Å². The van der Waals surface area contributed by atoms with Gasteiger partial charge in [-0.05, 0) is 12.3 Å². The number of nitrogens with zero attached hydrogens (tertiary/aromatic N) is 4. The van der Waals surface area contributed by atoms with E-state index in [0.717, 1.165) is 31.9 Å². The van der Waals surface area contributed by atoms with E-state index in [0.29, 0.717) is 5.92 Å². The topological polar surface area (TPSA) is 80.2 Å². The Hall–Kier alpha value is -0.980. The minimum Gasteiger partial charge on any atom is -0.395 e. The van der Waals surface area contributed by atoms with E-state index in [2.05, 4.69) is 33.5 Å².